The largest absolute Gasteiger partial charge is 0.469 e. The van der Waals surface area contributed by atoms with Crippen LogP contribution in [0.4, 0.5) is 13.2 Å². The second-order valence-electron chi connectivity index (χ2n) is 4.02. The van der Waals surface area contributed by atoms with E-state index in [1.807, 2.05) is 0 Å². The number of esters is 1. The maximum Gasteiger partial charge on any atom is 0.416 e. The first-order chi connectivity index (χ1) is 9.16. The maximum absolute atomic E-state index is 12.8. The van der Waals surface area contributed by atoms with Crippen LogP contribution in [0, 0.1) is 0 Å². The van der Waals surface area contributed by atoms with Gasteiger partial charge in [0.05, 0.1) is 25.2 Å². The van der Waals surface area contributed by atoms with Crippen molar-refractivity contribution < 1.29 is 32.9 Å². The van der Waals surface area contributed by atoms with Gasteiger partial charge in [-0.05, 0) is 17.7 Å². The molecule has 0 amide bonds. The van der Waals surface area contributed by atoms with Gasteiger partial charge in [-0.25, -0.2) is 0 Å². The van der Waals surface area contributed by atoms with Crippen molar-refractivity contribution in [1.29, 1.82) is 0 Å². The molecule has 1 aromatic rings. The minimum absolute atomic E-state index is 0.157. The first-order valence-electron chi connectivity index (χ1n) is 5.46. The number of ether oxygens (including phenoxy) is 1. The molecule has 0 aromatic heterocycles. The number of hydrogen-bond donors (Lipinski definition) is 2. The Balaban J connectivity index is 3.09. The van der Waals surface area contributed by atoms with Gasteiger partial charge in [-0.2, -0.15) is 13.2 Å². The van der Waals surface area contributed by atoms with E-state index < -0.39 is 41.9 Å². The van der Waals surface area contributed by atoms with Crippen LogP contribution in [-0.2, 0) is 15.7 Å². The molecule has 1 aromatic carbocycles. The predicted octanol–water partition coefficient (Wildman–Crippen LogP) is 2.32. The lowest BCUT2D eigenvalue weighted by Gasteiger charge is -2.21. The molecule has 0 aliphatic carbocycles. The third-order valence-electron chi connectivity index (χ3n) is 2.61. The number of carbonyl (C=O) groups excluding carboxylic acids is 1. The number of alkyl halides is 3. The van der Waals surface area contributed by atoms with Crippen LogP contribution in [0.2, 0.25) is 5.02 Å². The number of carbonyl (C=O) groups is 1. The molecule has 0 fully saturated rings. The maximum atomic E-state index is 12.8. The van der Waals surface area contributed by atoms with Crippen molar-refractivity contribution in [2.45, 2.75) is 24.8 Å². The van der Waals surface area contributed by atoms with Gasteiger partial charge in [-0.1, -0.05) is 17.7 Å². The van der Waals surface area contributed by atoms with Crippen molar-refractivity contribution in [1.82, 2.24) is 0 Å². The van der Waals surface area contributed by atoms with Crippen molar-refractivity contribution >= 4 is 17.6 Å². The fraction of sp³-hybridized carbons (Fsp3) is 0.417. The summed E-state index contributed by atoms with van der Waals surface area (Å²) in [6.45, 7) is 0. The molecule has 0 saturated heterocycles. The van der Waals surface area contributed by atoms with Gasteiger partial charge in [0, 0.05) is 5.02 Å². The molecule has 0 aliphatic heterocycles. The molecular formula is C12H12ClF3O4. The number of halogens is 4. The molecule has 0 radical (unpaired) electrons. The van der Waals surface area contributed by atoms with E-state index in [0.717, 1.165) is 19.2 Å². The van der Waals surface area contributed by atoms with Gasteiger partial charge < -0.3 is 14.9 Å². The molecular weight excluding hydrogens is 301 g/mol. The van der Waals surface area contributed by atoms with Crippen molar-refractivity contribution in [2.24, 2.45) is 0 Å². The van der Waals surface area contributed by atoms with E-state index in [1.54, 1.807) is 0 Å². The van der Waals surface area contributed by atoms with Crippen LogP contribution >= 0.6 is 11.6 Å². The molecule has 112 valence electrons. The SMILES string of the molecule is COC(=O)CC(O)C(O)c1ccc(Cl)cc1C(F)(F)F. The summed E-state index contributed by atoms with van der Waals surface area (Å²) in [4.78, 5) is 11.0. The molecule has 2 unspecified atom stereocenters. The van der Waals surface area contributed by atoms with Crippen LogP contribution in [0.3, 0.4) is 0 Å². The van der Waals surface area contributed by atoms with Crippen LogP contribution in [0.5, 0.6) is 0 Å². The second-order valence-corrected chi connectivity index (χ2v) is 4.46. The highest BCUT2D eigenvalue weighted by molar-refractivity contribution is 6.30. The first kappa shape index (κ1) is 16.7. The molecule has 0 saturated carbocycles. The average molecular weight is 313 g/mol. The number of hydrogen-bond acceptors (Lipinski definition) is 4. The van der Waals surface area contributed by atoms with Crippen LogP contribution in [0.1, 0.15) is 23.7 Å². The molecule has 0 bridgehead atoms. The second kappa shape index (κ2) is 6.43. The van der Waals surface area contributed by atoms with E-state index in [0.29, 0.717) is 6.07 Å². The highest BCUT2D eigenvalue weighted by atomic mass is 35.5. The standard InChI is InChI=1S/C12H12ClF3O4/c1-20-10(18)5-9(17)11(19)7-3-2-6(13)4-8(7)12(14,15)16/h2-4,9,11,17,19H,5H2,1H3. The highest BCUT2D eigenvalue weighted by Gasteiger charge is 2.37. The minimum atomic E-state index is -4.74. The summed E-state index contributed by atoms with van der Waals surface area (Å²) in [6, 6.07) is 2.75. The van der Waals surface area contributed by atoms with E-state index in [2.05, 4.69) is 4.74 Å². The normalized spacial score (nSPS) is 14.8. The van der Waals surface area contributed by atoms with Crippen LogP contribution in [0.25, 0.3) is 0 Å². The molecule has 8 heteroatoms. The lowest BCUT2D eigenvalue weighted by atomic mass is 9.97. The zero-order valence-electron chi connectivity index (χ0n) is 10.3. The van der Waals surface area contributed by atoms with Crippen molar-refractivity contribution in [3.63, 3.8) is 0 Å². The van der Waals surface area contributed by atoms with Crippen molar-refractivity contribution in [3.8, 4) is 0 Å². The molecule has 4 nitrogen and oxygen atoms in total. The zero-order valence-corrected chi connectivity index (χ0v) is 11.1. The van der Waals surface area contributed by atoms with Crippen LogP contribution < -0.4 is 0 Å². The van der Waals surface area contributed by atoms with Gasteiger partial charge in [0.2, 0.25) is 0 Å². The van der Waals surface area contributed by atoms with E-state index in [4.69, 9.17) is 11.6 Å². The number of aliphatic hydroxyl groups is 2. The van der Waals surface area contributed by atoms with Gasteiger partial charge in [0.15, 0.2) is 0 Å². The van der Waals surface area contributed by atoms with Gasteiger partial charge in [0.1, 0.15) is 6.10 Å². The predicted molar refractivity (Wildman–Crippen MR) is 64.1 cm³/mol. The number of methoxy groups -OCH3 is 1. The molecule has 2 N–H and O–H groups in total. The fourth-order valence-corrected chi connectivity index (χ4v) is 1.78. The lowest BCUT2D eigenvalue weighted by Crippen LogP contribution is -2.25. The van der Waals surface area contributed by atoms with Gasteiger partial charge in [-0.3, -0.25) is 4.79 Å². The van der Waals surface area contributed by atoms with E-state index >= 15 is 0 Å². The Kier molecular flexibility index (Phi) is 5.38. The van der Waals surface area contributed by atoms with Crippen LogP contribution in [0.15, 0.2) is 18.2 Å². The molecule has 0 spiro atoms. The summed E-state index contributed by atoms with van der Waals surface area (Å²) in [7, 11) is 1.06. The summed E-state index contributed by atoms with van der Waals surface area (Å²) in [5, 5.41) is 19.2. The third-order valence-corrected chi connectivity index (χ3v) is 2.84. The Hall–Kier alpha value is -1.31. The molecule has 0 aliphatic rings. The van der Waals surface area contributed by atoms with E-state index in [1.165, 1.54) is 0 Å². The van der Waals surface area contributed by atoms with E-state index in [-0.39, 0.29) is 5.02 Å². The summed E-state index contributed by atoms with van der Waals surface area (Å²) in [5.74, 6) is -0.848. The Morgan fingerprint density at radius 3 is 2.50 bits per heavy atom. The summed E-state index contributed by atoms with van der Waals surface area (Å²) >= 11 is 5.50. The Morgan fingerprint density at radius 1 is 1.40 bits per heavy atom. The van der Waals surface area contributed by atoms with Gasteiger partial charge in [-0.15, -0.1) is 0 Å². The topological polar surface area (TPSA) is 66.8 Å². The Morgan fingerprint density at radius 2 is 2.00 bits per heavy atom. The zero-order chi connectivity index (χ0) is 15.5. The van der Waals surface area contributed by atoms with E-state index in [9.17, 15) is 28.2 Å². The number of aliphatic hydroxyl groups excluding tert-OH is 2. The summed E-state index contributed by atoms with van der Waals surface area (Å²) in [5.41, 5.74) is -1.72. The van der Waals surface area contributed by atoms with Gasteiger partial charge in [0.25, 0.3) is 0 Å². The molecule has 2 atom stereocenters. The van der Waals surface area contributed by atoms with Crippen LogP contribution in [-0.4, -0.2) is 29.4 Å². The third kappa shape index (κ3) is 4.09. The van der Waals surface area contributed by atoms with Crippen molar-refractivity contribution in [2.75, 3.05) is 7.11 Å². The van der Waals surface area contributed by atoms with Crippen molar-refractivity contribution in [3.05, 3.63) is 34.3 Å². The average Bonchev–Trinajstić information content (AvgIpc) is 2.36. The first-order valence-corrected chi connectivity index (χ1v) is 5.84. The monoisotopic (exact) mass is 312 g/mol. The Bertz CT molecular complexity index is 490. The number of benzene rings is 1. The fourth-order valence-electron chi connectivity index (χ4n) is 1.60. The summed E-state index contributed by atoms with van der Waals surface area (Å²) in [6.07, 6.45) is -8.98. The number of rotatable bonds is 4. The highest BCUT2D eigenvalue weighted by Crippen LogP contribution is 2.37. The molecule has 20 heavy (non-hydrogen) atoms. The Labute approximate surface area is 117 Å². The van der Waals surface area contributed by atoms with Gasteiger partial charge >= 0.3 is 12.1 Å². The lowest BCUT2D eigenvalue weighted by molar-refractivity contribution is -0.145. The quantitative estimate of drug-likeness (QED) is 0.837. The molecule has 0 heterocycles. The molecule has 1 rings (SSSR count). The smallest absolute Gasteiger partial charge is 0.416 e. The minimum Gasteiger partial charge on any atom is -0.469 e. The summed E-state index contributed by atoms with van der Waals surface area (Å²) < 4.78 is 42.8.